The maximum atomic E-state index is 12.6. The second-order valence-electron chi connectivity index (χ2n) is 6.34. The van der Waals surface area contributed by atoms with Crippen molar-refractivity contribution in [3.8, 4) is 0 Å². The lowest BCUT2D eigenvalue weighted by Crippen LogP contribution is -2.22. The Morgan fingerprint density at radius 3 is 2.44 bits per heavy atom. The maximum absolute atomic E-state index is 12.6. The molecule has 0 aliphatic heterocycles. The minimum Gasteiger partial charge on any atom is -0.322 e. The van der Waals surface area contributed by atoms with Crippen LogP contribution in [0.25, 0.3) is 5.65 Å². The molecule has 0 unspecified atom stereocenters. The van der Waals surface area contributed by atoms with Crippen molar-refractivity contribution >= 4 is 23.0 Å². The molecule has 0 aliphatic carbocycles. The monoisotopic (exact) mass is 365 g/mol. The molecule has 0 aliphatic rings. The highest BCUT2D eigenvalue weighted by atomic mass is 16.1. The molecular weight excluding hydrogens is 342 g/mol. The highest BCUT2D eigenvalue weighted by Crippen LogP contribution is 2.15. The van der Waals surface area contributed by atoms with Crippen molar-refractivity contribution in [3.05, 3.63) is 59.5 Å². The fourth-order valence-electron chi connectivity index (χ4n) is 2.85. The minimum absolute atomic E-state index is 0.0137. The van der Waals surface area contributed by atoms with Gasteiger partial charge in [-0.25, -0.2) is 9.50 Å². The first kappa shape index (κ1) is 18.7. The zero-order valence-electron chi connectivity index (χ0n) is 15.8. The molecule has 7 heteroatoms. The number of carbonyl (C=O) groups is 2. The number of benzene rings is 1. The molecule has 0 spiro atoms. The summed E-state index contributed by atoms with van der Waals surface area (Å²) in [7, 11) is 0. The molecule has 2 heterocycles. The summed E-state index contributed by atoms with van der Waals surface area (Å²) in [5.41, 5.74) is 3.17. The minimum atomic E-state index is -0.287. The number of fused-ring (bicyclic) bond motifs is 1. The van der Waals surface area contributed by atoms with Gasteiger partial charge in [0.15, 0.2) is 11.4 Å². The van der Waals surface area contributed by atoms with Crippen molar-refractivity contribution in [1.29, 1.82) is 0 Å². The number of ketones is 1. The van der Waals surface area contributed by atoms with E-state index in [0.29, 0.717) is 22.5 Å². The maximum Gasteiger partial charge on any atom is 0.261 e. The predicted octanol–water partition coefficient (Wildman–Crippen LogP) is 3.03. The van der Waals surface area contributed by atoms with Crippen LogP contribution in [0.2, 0.25) is 0 Å². The molecule has 0 saturated carbocycles. The van der Waals surface area contributed by atoms with Crippen molar-refractivity contribution in [2.24, 2.45) is 0 Å². The van der Waals surface area contributed by atoms with Crippen molar-refractivity contribution in [2.75, 3.05) is 18.4 Å². The average molecular weight is 365 g/mol. The Labute approximate surface area is 158 Å². The second-order valence-corrected chi connectivity index (χ2v) is 6.34. The van der Waals surface area contributed by atoms with E-state index < -0.39 is 0 Å². The Kier molecular flexibility index (Phi) is 5.61. The molecule has 140 valence electrons. The van der Waals surface area contributed by atoms with Gasteiger partial charge >= 0.3 is 0 Å². The molecule has 0 saturated heterocycles. The number of rotatable bonds is 7. The summed E-state index contributed by atoms with van der Waals surface area (Å²) >= 11 is 0. The molecular formula is C20H23N5O2. The van der Waals surface area contributed by atoms with Crippen molar-refractivity contribution in [1.82, 2.24) is 19.5 Å². The lowest BCUT2D eigenvalue weighted by molar-refractivity contribution is 0.101. The summed E-state index contributed by atoms with van der Waals surface area (Å²) < 4.78 is 1.63. The summed E-state index contributed by atoms with van der Waals surface area (Å²) in [5.74, 6) is -0.301. The van der Waals surface area contributed by atoms with E-state index in [2.05, 4.69) is 34.1 Å². The van der Waals surface area contributed by atoms with Gasteiger partial charge in [0.2, 0.25) is 0 Å². The number of anilines is 1. The van der Waals surface area contributed by atoms with E-state index in [9.17, 15) is 9.59 Å². The summed E-state index contributed by atoms with van der Waals surface area (Å²) in [5, 5.41) is 7.08. The van der Waals surface area contributed by atoms with Crippen LogP contribution < -0.4 is 5.32 Å². The number of amides is 1. The Morgan fingerprint density at radius 2 is 1.81 bits per heavy atom. The Morgan fingerprint density at radius 1 is 1.11 bits per heavy atom. The Bertz CT molecular complexity index is 958. The van der Waals surface area contributed by atoms with E-state index in [1.165, 1.54) is 13.1 Å². The van der Waals surface area contributed by atoms with E-state index in [-0.39, 0.29) is 11.7 Å². The van der Waals surface area contributed by atoms with Crippen LogP contribution >= 0.6 is 0 Å². The van der Waals surface area contributed by atoms with Gasteiger partial charge in [-0.2, -0.15) is 5.10 Å². The molecule has 0 bridgehead atoms. The predicted molar refractivity (Wildman–Crippen MR) is 104 cm³/mol. The van der Waals surface area contributed by atoms with Gasteiger partial charge < -0.3 is 5.32 Å². The van der Waals surface area contributed by atoms with E-state index in [0.717, 1.165) is 25.2 Å². The highest BCUT2D eigenvalue weighted by molar-refractivity contribution is 6.08. The first-order valence-electron chi connectivity index (χ1n) is 8.98. The van der Waals surface area contributed by atoms with E-state index >= 15 is 0 Å². The summed E-state index contributed by atoms with van der Waals surface area (Å²) in [4.78, 5) is 30.6. The van der Waals surface area contributed by atoms with Crippen molar-refractivity contribution in [2.45, 2.75) is 27.3 Å². The molecule has 3 aromatic rings. The van der Waals surface area contributed by atoms with Crippen LogP contribution in [0.1, 0.15) is 47.1 Å². The molecule has 3 rings (SSSR count). The topological polar surface area (TPSA) is 79.6 Å². The summed E-state index contributed by atoms with van der Waals surface area (Å²) in [6.07, 6.45) is 5.20. The van der Waals surface area contributed by atoms with Crippen molar-refractivity contribution in [3.63, 3.8) is 0 Å². The molecule has 0 atom stereocenters. The largest absolute Gasteiger partial charge is 0.322 e. The molecule has 27 heavy (non-hydrogen) atoms. The summed E-state index contributed by atoms with van der Waals surface area (Å²) in [6.45, 7) is 8.46. The van der Waals surface area contributed by atoms with Crippen LogP contribution in [0.4, 0.5) is 5.69 Å². The second kappa shape index (κ2) is 8.09. The number of Topliss-reactive ketones (excluding diaryl/α,β-unsaturated/α-hetero) is 1. The Balaban J connectivity index is 1.78. The van der Waals surface area contributed by atoms with Crippen LogP contribution in [0.3, 0.4) is 0 Å². The molecule has 1 amide bonds. The smallest absolute Gasteiger partial charge is 0.261 e. The fraction of sp³-hybridized carbons (Fsp3) is 0.300. The molecule has 0 radical (unpaired) electrons. The van der Waals surface area contributed by atoms with Crippen LogP contribution in [0.5, 0.6) is 0 Å². The zero-order valence-corrected chi connectivity index (χ0v) is 15.8. The van der Waals surface area contributed by atoms with Gasteiger partial charge in [-0.05, 0) is 44.3 Å². The van der Waals surface area contributed by atoms with E-state index in [1.54, 1.807) is 35.0 Å². The lowest BCUT2D eigenvalue weighted by atomic mass is 10.1. The molecule has 2 aromatic heterocycles. The van der Waals surface area contributed by atoms with Gasteiger partial charge in [-0.3, -0.25) is 14.5 Å². The van der Waals surface area contributed by atoms with Gasteiger partial charge in [-0.1, -0.05) is 13.8 Å². The SMILES string of the molecule is CCN(CC)Cc1cnc2c(C(=O)Nc3ccc(C(C)=O)cc3)cnn2c1. The number of nitrogens with zero attached hydrogens (tertiary/aromatic N) is 4. The number of aromatic nitrogens is 3. The van der Waals surface area contributed by atoms with Crippen LogP contribution in [-0.4, -0.2) is 44.3 Å². The average Bonchev–Trinajstić information content (AvgIpc) is 3.09. The van der Waals surface area contributed by atoms with Gasteiger partial charge in [-0.15, -0.1) is 0 Å². The molecule has 0 fully saturated rings. The zero-order chi connectivity index (χ0) is 19.4. The van der Waals surface area contributed by atoms with Gasteiger partial charge in [0.25, 0.3) is 5.91 Å². The number of hydrogen-bond acceptors (Lipinski definition) is 5. The van der Waals surface area contributed by atoms with Crippen LogP contribution in [-0.2, 0) is 6.54 Å². The first-order chi connectivity index (χ1) is 13.0. The molecule has 7 nitrogen and oxygen atoms in total. The fourth-order valence-corrected chi connectivity index (χ4v) is 2.85. The third kappa shape index (κ3) is 4.20. The number of nitrogens with one attached hydrogen (secondary N) is 1. The Hall–Kier alpha value is -3.06. The first-order valence-corrected chi connectivity index (χ1v) is 8.98. The van der Waals surface area contributed by atoms with Crippen LogP contribution in [0.15, 0.2) is 42.9 Å². The number of carbonyl (C=O) groups excluding carboxylic acids is 2. The van der Waals surface area contributed by atoms with Gasteiger partial charge in [0.1, 0.15) is 5.56 Å². The van der Waals surface area contributed by atoms with Gasteiger partial charge in [0, 0.05) is 35.8 Å². The van der Waals surface area contributed by atoms with Gasteiger partial charge in [0.05, 0.1) is 6.20 Å². The quantitative estimate of drug-likeness (QED) is 0.651. The lowest BCUT2D eigenvalue weighted by Gasteiger charge is -2.17. The highest BCUT2D eigenvalue weighted by Gasteiger charge is 2.15. The standard InChI is InChI=1S/C20H23N5O2/c1-4-24(5-2)12-15-10-21-19-18(11-22-25(19)13-15)20(27)23-17-8-6-16(7-9-17)14(3)26/h6-11,13H,4-5,12H2,1-3H3,(H,23,27). The molecule has 1 aromatic carbocycles. The third-order valence-electron chi connectivity index (χ3n) is 4.50. The third-order valence-corrected chi connectivity index (χ3v) is 4.50. The molecule has 1 N–H and O–H groups in total. The normalized spacial score (nSPS) is 11.1. The van der Waals surface area contributed by atoms with Crippen LogP contribution in [0, 0.1) is 0 Å². The van der Waals surface area contributed by atoms with Crippen molar-refractivity contribution < 1.29 is 9.59 Å². The van der Waals surface area contributed by atoms with E-state index in [4.69, 9.17) is 0 Å². The van der Waals surface area contributed by atoms with E-state index in [1.807, 2.05) is 6.20 Å². The number of hydrogen-bond donors (Lipinski definition) is 1. The summed E-state index contributed by atoms with van der Waals surface area (Å²) in [6, 6.07) is 6.78.